The molecule has 35 heavy (non-hydrogen) atoms. The summed E-state index contributed by atoms with van der Waals surface area (Å²) in [4.78, 5) is 14.9. The van der Waals surface area contributed by atoms with Crippen LogP contribution in [-0.4, -0.2) is 52.6 Å². The van der Waals surface area contributed by atoms with Crippen molar-refractivity contribution in [2.45, 2.75) is 56.4 Å². The number of anilines is 1. The Morgan fingerprint density at radius 2 is 1.86 bits per heavy atom. The molecule has 1 saturated carbocycles. The molecule has 0 aromatic heterocycles. The summed E-state index contributed by atoms with van der Waals surface area (Å²) < 4.78 is 40.0. The summed E-state index contributed by atoms with van der Waals surface area (Å²) in [7, 11) is -1.03. The van der Waals surface area contributed by atoms with Gasteiger partial charge in [0.15, 0.2) is 11.5 Å². The number of nitrogens with zero attached hydrogens (tertiary/aromatic N) is 2. The molecule has 1 fully saturated rings. The topological polar surface area (TPSA) is 76.1 Å². The van der Waals surface area contributed by atoms with Gasteiger partial charge in [-0.25, -0.2) is 8.42 Å². The summed E-state index contributed by atoms with van der Waals surface area (Å²) >= 11 is 0. The number of methoxy groups -OCH3 is 2. The van der Waals surface area contributed by atoms with Gasteiger partial charge in [-0.3, -0.25) is 9.10 Å². The van der Waals surface area contributed by atoms with Gasteiger partial charge < -0.3 is 14.4 Å². The molecule has 1 heterocycles. The van der Waals surface area contributed by atoms with Gasteiger partial charge in [-0.15, -0.1) is 0 Å². The van der Waals surface area contributed by atoms with Crippen molar-refractivity contribution in [3.05, 3.63) is 53.6 Å². The number of hydrogen-bond donors (Lipinski definition) is 0. The van der Waals surface area contributed by atoms with Gasteiger partial charge in [0, 0.05) is 25.2 Å². The summed E-state index contributed by atoms with van der Waals surface area (Å²) in [5, 5.41) is 0. The van der Waals surface area contributed by atoms with E-state index in [2.05, 4.69) is 0 Å². The van der Waals surface area contributed by atoms with Crippen molar-refractivity contribution in [2.24, 2.45) is 0 Å². The van der Waals surface area contributed by atoms with Gasteiger partial charge in [0.1, 0.15) is 4.90 Å². The number of rotatable bonds is 8. The maximum absolute atomic E-state index is 13.8. The number of carbonyl (C=O) groups excluding carboxylic acids is 1. The normalized spacial score (nSPS) is 16.4. The summed E-state index contributed by atoms with van der Waals surface area (Å²) in [6.07, 6.45) is 9.42. The number of sulfonamides is 1. The summed E-state index contributed by atoms with van der Waals surface area (Å²) in [5.41, 5.74) is 2.23. The molecule has 8 heteroatoms. The zero-order chi connectivity index (χ0) is 25.0. The fraction of sp³-hybridized carbons (Fsp3) is 0.444. The Morgan fingerprint density at radius 1 is 1.11 bits per heavy atom. The second-order valence-corrected chi connectivity index (χ2v) is 10.8. The SMILES string of the molecule is CCN(C(=O)/C=C/c1cc(OC)c(OC)c(S(=O)(=O)N2CCc3ccccc32)c1)C1CCCCC1. The predicted octanol–water partition coefficient (Wildman–Crippen LogP) is 4.65. The highest BCUT2D eigenvalue weighted by molar-refractivity contribution is 7.93. The van der Waals surface area contributed by atoms with Crippen molar-refractivity contribution >= 4 is 27.7 Å². The molecule has 1 aliphatic carbocycles. The number of carbonyl (C=O) groups is 1. The van der Waals surface area contributed by atoms with Crippen molar-refractivity contribution < 1.29 is 22.7 Å². The van der Waals surface area contributed by atoms with E-state index in [1.165, 1.54) is 31.0 Å². The van der Waals surface area contributed by atoms with E-state index in [1.54, 1.807) is 18.2 Å². The van der Waals surface area contributed by atoms with Gasteiger partial charge in [-0.2, -0.15) is 0 Å². The zero-order valence-electron chi connectivity index (χ0n) is 20.7. The molecule has 0 spiro atoms. The van der Waals surface area contributed by atoms with E-state index < -0.39 is 10.0 Å². The van der Waals surface area contributed by atoms with E-state index >= 15 is 0 Å². The maximum atomic E-state index is 13.8. The first kappa shape index (κ1) is 25.1. The second-order valence-electron chi connectivity index (χ2n) is 8.96. The van der Waals surface area contributed by atoms with Crippen molar-refractivity contribution in [3.8, 4) is 11.5 Å². The zero-order valence-corrected chi connectivity index (χ0v) is 21.5. The Balaban J connectivity index is 1.68. The summed E-state index contributed by atoms with van der Waals surface area (Å²) in [6.45, 7) is 3.00. The standard InChI is InChI=1S/C27H34N2O5S/c1-4-28(22-11-6-5-7-12-22)26(30)15-14-20-18-24(33-2)27(34-3)25(19-20)35(31,32)29-17-16-21-10-8-9-13-23(21)29/h8-10,13-15,18-19,22H,4-7,11-12,16-17H2,1-3H3/b15-14+. The van der Waals surface area contributed by atoms with Gasteiger partial charge in [0.2, 0.25) is 5.91 Å². The largest absolute Gasteiger partial charge is 0.493 e. The minimum atomic E-state index is -3.93. The molecule has 0 N–H and O–H groups in total. The Labute approximate surface area is 208 Å². The van der Waals surface area contributed by atoms with Crippen LogP contribution in [0.1, 0.15) is 50.2 Å². The quantitative estimate of drug-likeness (QED) is 0.495. The summed E-state index contributed by atoms with van der Waals surface area (Å²) in [6, 6.07) is 11.0. The molecule has 1 amide bonds. The minimum Gasteiger partial charge on any atom is -0.493 e. The van der Waals surface area contributed by atoms with E-state index in [4.69, 9.17) is 9.47 Å². The van der Waals surface area contributed by atoms with Crippen molar-refractivity contribution in [1.82, 2.24) is 4.90 Å². The highest BCUT2D eigenvalue weighted by Gasteiger charge is 2.34. The lowest BCUT2D eigenvalue weighted by Gasteiger charge is -2.32. The number of amides is 1. The van der Waals surface area contributed by atoms with Crippen LogP contribution in [0.2, 0.25) is 0 Å². The average molecular weight is 499 g/mol. The number of benzene rings is 2. The molecular weight excluding hydrogens is 464 g/mol. The molecule has 188 valence electrons. The lowest BCUT2D eigenvalue weighted by Crippen LogP contribution is -2.40. The first-order valence-corrected chi connectivity index (χ1v) is 13.7. The molecule has 2 aromatic carbocycles. The van der Waals surface area contributed by atoms with Gasteiger partial charge in [0.25, 0.3) is 10.0 Å². The second kappa shape index (κ2) is 10.7. The van der Waals surface area contributed by atoms with Crippen LogP contribution in [0.3, 0.4) is 0 Å². The van der Waals surface area contributed by atoms with Gasteiger partial charge in [-0.05, 0) is 61.6 Å². The molecule has 0 saturated heterocycles. The van der Waals surface area contributed by atoms with E-state index in [9.17, 15) is 13.2 Å². The van der Waals surface area contributed by atoms with Gasteiger partial charge >= 0.3 is 0 Å². The van der Waals surface area contributed by atoms with E-state index in [1.807, 2.05) is 36.1 Å². The van der Waals surface area contributed by atoms with Crippen molar-refractivity contribution in [1.29, 1.82) is 0 Å². The average Bonchev–Trinajstić information content (AvgIpc) is 3.33. The van der Waals surface area contributed by atoms with Crippen LogP contribution in [0, 0.1) is 0 Å². The van der Waals surface area contributed by atoms with E-state index in [0.717, 1.165) is 31.2 Å². The van der Waals surface area contributed by atoms with Crippen LogP contribution in [-0.2, 0) is 21.2 Å². The van der Waals surface area contributed by atoms with Crippen LogP contribution in [0.15, 0.2) is 47.4 Å². The highest BCUT2D eigenvalue weighted by atomic mass is 32.2. The third-order valence-electron chi connectivity index (χ3n) is 6.94. The lowest BCUT2D eigenvalue weighted by molar-refractivity contribution is -0.128. The molecule has 0 atom stereocenters. The first-order valence-electron chi connectivity index (χ1n) is 12.3. The first-order chi connectivity index (χ1) is 16.9. The van der Waals surface area contributed by atoms with Crippen molar-refractivity contribution in [3.63, 3.8) is 0 Å². The van der Waals surface area contributed by atoms with Crippen LogP contribution < -0.4 is 13.8 Å². The molecule has 0 radical (unpaired) electrons. The number of para-hydroxylation sites is 1. The van der Waals surface area contributed by atoms with Crippen LogP contribution >= 0.6 is 0 Å². The number of likely N-dealkylation sites (N-methyl/N-ethyl adjacent to an activating group) is 1. The third kappa shape index (κ3) is 5.03. The highest BCUT2D eigenvalue weighted by Crippen LogP contribution is 2.40. The number of ether oxygens (including phenoxy) is 2. The number of hydrogen-bond acceptors (Lipinski definition) is 5. The van der Waals surface area contributed by atoms with Crippen molar-refractivity contribution in [2.75, 3.05) is 31.6 Å². The Morgan fingerprint density at radius 3 is 2.54 bits per heavy atom. The van der Waals surface area contributed by atoms with Crippen LogP contribution in [0.4, 0.5) is 5.69 Å². The molecular formula is C27H34N2O5S. The summed E-state index contributed by atoms with van der Waals surface area (Å²) in [5.74, 6) is 0.387. The fourth-order valence-corrected chi connectivity index (χ4v) is 6.87. The van der Waals surface area contributed by atoms with Gasteiger partial charge in [0.05, 0.1) is 19.9 Å². The van der Waals surface area contributed by atoms with E-state index in [0.29, 0.717) is 36.5 Å². The Hall–Kier alpha value is -3.00. The Bertz CT molecular complexity index is 1200. The van der Waals surface area contributed by atoms with Crippen LogP contribution in [0.5, 0.6) is 11.5 Å². The van der Waals surface area contributed by atoms with E-state index in [-0.39, 0.29) is 22.6 Å². The van der Waals surface area contributed by atoms with Crippen LogP contribution in [0.25, 0.3) is 6.08 Å². The third-order valence-corrected chi connectivity index (χ3v) is 8.76. The molecule has 4 rings (SSSR count). The smallest absolute Gasteiger partial charge is 0.268 e. The number of fused-ring (bicyclic) bond motifs is 1. The maximum Gasteiger partial charge on any atom is 0.268 e. The monoisotopic (exact) mass is 498 g/mol. The fourth-order valence-electron chi connectivity index (χ4n) is 5.16. The predicted molar refractivity (Wildman–Crippen MR) is 138 cm³/mol. The molecule has 0 unspecified atom stereocenters. The molecule has 0 bridgehead atoms. The minimum absolute atomic E-state index is 0.0165. The van der Waals surface area contributed by atoms with Gasteiger partial charge in [-0.1, -0.05) is 37.5 Å². The lowest BCUT2D eigenvalue weighted by atomic mass is 9.94. The molecule has 7 nitrogen and oxygen atoms in total. The molecule has 1 aliphatic heterocycles. The Kier molecular flexibility index (Phi) is 7.69. The molecule has 2 aliphatic rings. The molecule has 2 aromatic rings.